The maximum Gasteiger partial charge on any atom is 0.163 e. The van der Waals surface area contributed by atoms with Gasteiger partial charge in [-0.3, -0.25) is 5.10 Å². The predicted molar refractivity (Wildman–Crippen MR) is 109 cm³/mol. The first-order valence-corrected chi connectivity index (χ1v) is 9.12. The molecule has 2 aromatic heterocycles. The average molecular weight is 366 g/mol. The normalized spacial score (nSPS) is 10.7. The molecule has 0 atom stereocenters. The van der Waals surface area contributed by atoms with Gasteiger partial charge in [0.2, 0.25) is 0 Å². The van der Waals surface area contributed by atoms with Gasteiger partial charge in [0.25, 0.3) is 0 Å². The van der Waals surface area contributed by atoms with Crippen molar-refractivity contribution in [1.29, 1.82) is 0 Å². The number of hydrogen-bond acceptors (Lipinski definition) is 6. The first-order chi connectivity index (χ1) is 13.1. The lowest BCUT2D eigenvalue weighted by molar-refractivity contribution is 0.415. The lowest BCUT2D eigenvalue weighted by atomic mass is 10.2. The summed E-state index contributed by atoms with van der Waals surface area (Å²) < 4.78 is 5.24. The third kappa shape index (κ3) is 4.75. The summed E-state index contributed by atoms with van der Waals surface area (Å²) in [6.07, 6.45) is 2.25. The van der Waals surface area contributed by atoms with Crippen molar-refractivity contribution >= 4 is 17.5 Å². The van der Waals surface area contributed by atoms with Crippen LogP contribution >= 0.6 is 0 Å². The molecule has 0 unspecified atom stereocenters. The van der Waals surface area contributed by atoms with Crippen molar-refractivity contribution in [3.05, 3.63) is 42.1 Å². The van der Waals surface area contributed by atoms with Crippen LogP contribution in [0.1, 0.15) is 25.5 Å². The summed E-state index contributed by atoms with van der Waals surface area (Å²) in [4.78, 5) is 11.6. The Labute approximate surface area is 159 Å². The van der Waals surface area contributed by atoms with Crippen molar-refractivity contribution in [2.24, 2.45) is 0 Å². The van der Waals surface area contributed by atoms with Crippen molar-refractivity contribution in [2.75, 3.05) is 30.9 Å². The molecule has 3 rings (SSSR count). The zero-order valence-electron chi connectivity index (χ0n) is 16.3. The van der Waals surface area contributed by atoms with Gasteiger partial charge in [0, 0.05) is 37.0 Å². The Bertz CT molecular complexity index is 874. The molecule has 0 fully saturated rings. The van der Waals surface area contributed by atoms with Crippen LogP contribution in [-0.4, -0.2) is 40.9 Å². The van der Waals surface area contributed by atoms with Gasteiger partial charge in [0.15, 0.2) is 11.6 Å². The van der Waals surface area contributed by atoms with Crippen LogP contribution in [0, 0.1) is 6.92 Å². The van der Waals surface area contributed by atoms with Crippen molar-refractivity contribution in [2.45, 2.75) is 26.7 Å². The molecule has 1 aromatic carbocycles. The molecule has 27 heavy (non-hydrogen) atoms. The predicted octanol–water partition coefficient (Wildman–Crippen LogP) is 4.16. The Hall–Kier alpha value is -3.09. The number of hydrogen-bond donors (Lipinski definition) is 2. The third-order valence-electron chi connectivity index (χ3n) is 4.26. The van der Waals surface area contributed by atoms with E-state index in [9.17, 15) is 0 Å². The van der Waals surface area contributed by atoms with Gasteiger partial charge in [-0.05, 0) is 37.6 Å². The topological polar surface area (TPSA) is 79.0 Å². The number of nitrogens with zero attached hydrogens (tertiary/aromatic N) is 4. The number of benzene rings is 1. The Morgan fingerprint density at radius 1 is 1.11 bits per heavy atom. The fourth-order valence-electron chi connectivity index (χ4n) is 2.69. The lowest BCUT2D eigenvalue weighted by Crippen LogP contribution is -2.20. The standard InChI is InChI=1S/C20H26N6O/c1-5-6-11-26(3)19-13-17(21-18-12-14(2)24-25-18)22-20(23-19)15-7-9-16(27-4)10-8-15/h7-10,12-13H,5-6,11H2,1-4H3,(H2,21,22,23,24,25). The summed E-state index contributed by atoms with van der Waals surface area (Å²) in [5.41, 5.74) is 1.92. The number of ether oxygens (including phenoxy) is 1. The molecule has 0 saturated heterocycles. The van der Waals surface area contributed by atoms with Crippen molar-refractivity contribution in [3.8, 4) is 17.1 Å². The molecule has 0 aliphatic heterocycles. The molecule has 0 bridgehead atoms. The number of aryl methyl sites for hydroxylation is 1. The summed E-state index contributed by atoms with van der Waals surface area (Å²) in [6, 6.07) is 11.6. The SMILES string of the molecule is CCCCN(C)c1cc(Nc2cc(C)[nH]n2)nc(-c2ccc(OC)cc2)n1. The minimum Gasteiger partial charge on any atom is -0.497 e. The number of rotatable bonds is 8. The van der Waals surface area contributed by atoms with Crippen LogP contribution in [0.15, 0.2) is 36.4 Å². The number of methoxy groups -OCH3 is 1. The van der Waals surface area contributed by atoms with Gasteiger partial charge < -0.3 is 15.0 Å². The van der Waals surface area contributed by atoms with Gasteiger partial charge in [-0.15, -0.1) is 0 Å². The largest absolute Gasteiger partial charge is 0.497 e. The number of anilines is 3. The highest BCUT2D eigenvalue weighted by molar-refractivity contribution is 5.64. The quantitative estimate of drug-likeness (QED) is 0.623. The zero-order chi connectivity index (χ0) is 19.2. The maximum atomic E-state index is 5.24. The second-order valence-electron chi connectivity index (χ2n) is 6.50. The van der Waals surface area contributed by atoms with Gasteiger partial charge in [-0.2, -0.15) is 5.10 Å². The molecule has 0 aliphatic rings. The molecule has 2 N–H and O–H groups in total. The molecule has 142 valence electrons. The van der Waals surface area contributed by atoms with Gasteiger partial charge in [0.05, 0.1) is 7.11 Å². The molecule has 0 amide bonds. The number of aromatic amines is 1. The van der Waals surface area contributed by atoms with Crippen molar-refractivity contribution in [3.63, 3.8) is 0 Å². The molecule has 7 heteroatoms. The summed E-state index contributed by atoms with van der Waals surface area (Å²) >= 11 is 0. The van der Waals surface area contributed by atoms with Gasteiger partial charge >= 0.3 is 0 Å². The second-order valence-corrected chi connectivity index (χ2v) is 6.50. The highest BCUT2D eigenvalue weighted by Gasteiger charge is 2.11. The lowest BCUT2D eigenvalue weighted by Gasteiger charge is -2.19. The molecular weight excluding hydrogens is 340 g/mol. The van der Waals surface area contributed by atoms with E-state index in [-0.39, 0.29) is 0 Å². The third-order valence-corrected chi connectivity index (χ3v) is 4.26. The second kappa shape index (κ2) is 8.53. The molecule has 0 spiro atoms. The molecule has 0 saturated carbocycles. The van der Waals surface area contributed by atoms with E-state index in [1.807, 2.05) is 43.3 Å². The van der Waals surface area contributed by atoms with Crippen molar-refractivity contribution in [1.82, 2.24) is 20.2 Å². The number of unbranched alkanes of at least 4 members (excludes halogenated alkanes) is 1. The van der Waals surface area contributed by atoms with E-state index in [4.69, 9.17) is 9.72 Å². The highest BCUT2D eigenvalue weighted by Crippen LogP contribution is 2.25. The van der Waals surface area contributed by atoms with E-state index in [1.54, 1.807) is 7.11 Å². The molecular formula is C20H26N6O. The molecule has 0 aliphatic carbocycles. The molecule has 2 heterocycles. The van der Waals surface area contributed by atoms with Crippen LogP contribution in [0.5, 0.6) is 5.75 Å². The highest BCUT2D eigenvalue weighted by atomic mass is 16.5. The van der Waals surface area contributed by atoms with Crippen molar-refractivity contribution < 1.29 is 4.74 Å². The van der Waals surface area contributed by atoms with Gasteiger partial charge in [-0.1, -0.05) is 13.3 Å². The van der Waals surface area contributed by atoms with Crippen LogP contribution in [0.25, 0.3) is 11.4 Å². The minimum absolute atomic E-state index is 0.660. The first kappa shape index (κ1) is 18.7. The summed E-state index contributed by atoms with van der Waals surface area (Å²) in [5.74, 6) is 3.78. The van der Waals surface area contributed by atoms with Crippen LogP contribution in [0.2, 0.25) is 0 Å². The summed E-state index contributed by atoms with van der Waals surface area (Å²) in [6.45, 7) is 5.09. The number of H-pyrrole nitrogens is 1. The van der Waals surface area contributed by atoms with E-state index >= 15 is 0 Å². The fourth-order valence-corrected chi connectivity index (χ4v) is 2.69. The number of aromatic nitrogens is 4. The molecule has 3 aromatic rings. The van der Waals surface area contributed by atoms with Crippen LogP contribution in [0.4, 0.5) is 17.5 Å². The van der Waals surface area contributed by atoms with Crippen LogP contribution in [-0.2, 0) is 0 Å². The minimum atomic E-state index is 0.660. The Morgan fingerprint density at radius 3 is 2.52 bits per heavy atom. The smallest absolute Gasteiger partial charge is 0.163 e. The van der Waals surface area contributed by atoms with Gasteiger partial charge in [-0.25, -0.2) is 9.97 Å². The zero-order valence-corrected chi connectivity index (χ0v) is 16.3. The summed E-state index contributed by atoms with van der Waals surface area (Å²) in [5, 5.41) is 10.4. The molecule has 7 nitrogen and oxygen atoms in total. The van der Waals surface area contributed by atoms with E-state index in [1.165, 1.54) is 0 Å². The van der Waals surface area contributed by atoms with Crippen LogP contribution in [0.3, 0.4) is 0 Å². The number of nitrogens with one attached hydrogen (secondary N) is 2. The maximum absolute atomic E-state index is 5.24. The van der Waals surface area contributed by atoms with Gasteiger partial charge in [0.1, 0.15) is 17.4 Å². The Kier molecular flexibility index (Phi) is 5.90. The van der Waals surface area contributed by atoms with E-state index in [2.05, 4.69) is 39.4 Å². The van der Waals surface area contributed by atoms with E-state index < -0.39 is 0 Å². The fraction of sp³-hybridized carbons (Fsp3) is 0.350. The van der Waals surface area contributed by atoms with E-state index in [0.717, 1.165) is 48.0 Å². The van der Waals surface area contributed by atoms with Crippen LogP contribution < -0.4 is 15.0 Å². The average Bonchev–Trinajstić information content (AvgIpc) is 3.10. The Balaban J connectivity index is 1.95. The first-order valence-electron chi connectivity index (χ1n) is 9.12. The van der Waals surface area contributed by atoms with E-state index in [0.29, 0.717) is 11.6 Å². The monoisotopic (exact) mass is 366 g/mol. The molecule has 0 radical (unpaired) electrons. The summed E-state index contributed by atoms with van der Waals surface area (Å²) in [7, 11) is 3.71. The Morgan fingerprint density at radius 2 is 1.89 bits per heavy atom.